The summed E-state index contributed by atoms with van der Waals surface area (Å²) in [6, 6.07) is 16.0. The van der Waals surface area contributed by atoms with Crippen molar-refractivity contribution in [2.24, 2.45) is 0 Å². The van der Waals surface area contributed by atoms with Crippen LogP contribution in [-0.2, 0) is 20.6 Å². The van der Waals surface area contributed by atoms with Gasteiger partial charge in [-0.05, 0) is 24.6 Å². The molecule has 1 atom stereocenters. The molecule has 24 heavy (non-hydrogen) atoms. The van der Waals surface area contributed by atoms with Crippen molar-refractivity contribution in [3.05, 3.63) is 65.9 Å². The molecule has 0 unspecified atom stereocenters. The number of hydrogen-bond acceptors (Lipinski definition) is 5. The van der Waals surface area contributed by atoms with Crippen molar-refractivity contribution in [2.45, 2.75) is 18.6 Å². The van der Waals surface area contributed by atoms with Crippen molar-refractivity contribution in [2.75, 3.05) is 0 Å². The maximum atomic E-state index is 12.3. The van der Waals surface area contributed by atoms with Crippen LogP contribution in [0.1, 0.15) is 24.1 Å². The molecule has 7 heteroatoms. The van der Waals surface area contributed by atoms with Crippen LogP contribution >= 0.6 is 0 Å². The fourth-order valence-electron chi connectivity index (χ4n) is 2.39. The number of fused-ring (bicyclic) bond motifs is 1. The first-order valence-corrected chi connectivity index (χ1v) is 9.04. The van der Waals surface area contributed by atoms with Crippen LogP contribution in [0.25, 0.3) is 11.0 Å². The standard InChI is InChI=1S/C17H16N2O4S/c1-12(13-7-3-2-4-8-13)17(20)19-24(21,22)11-15-14-9-5-6-10-16(14)23-18-15/h2-10,12H,11H2,1H3,(H,19,20)/t12-/m1/s1. The summed E-state index contributed by atoms with van der Waals surface area (Å²) in [5.41, 5.74) is 1.53. The highest BCUT2D eigenvalue weighted by atomic mass is 32.2. The number of carbonyl (C=O) groups is 1. The lowest BCUT2D eigenvalue weighted by Crippen LogP contribution is -2.34. The summed E-state index contributed by atoms with van der Waals surface area (Å²) in [7, 11) is -3.87. The van der Waals surface area contributed by atoms with Gasteiger partial charge in [0.2, 0.25) is 15.9 Å². The Labute approximate surface area is 139 Å². The van der Waals surface area contributed by atoms with Crippen molar-refractivity contribution in [1.29, 1.82) is 0 Å². The second kappa shape index (κ2) is 6.45. The largest absolute Gasteiger partial charge is 0.356 e. The van der Waals surface area contributed by atoms with Gasteiger partial charge in [-0.1, -0.05) is 47.6 Å². The maximum Gasteiger partial charge on any atom is 0.240 e. The summed E-state index contributed by atoms with van der Waals surface area (Å²) in [6.45, 7) is 1.66. The second-order valence-corrected chi connectivity index (χ2v) is 7.21. The molecule has 6 nitrogen and oxygen atoms in total. The van der Waals surface area contributed by atoms with Gasteiger partial charge < -0.3 is 4.52 Å². The molecule has 0 saturated heterocycles. The van der Waals surface area contributed by atoms with E-state index in [4.69, 9.17) is 4.52 Å². The lowest BCUT2D eigenvalue weighted by atomic mass is 10.0. The molecule has 1 heterocycles. The minimum Gasteiger partial charge on any atom is -0.356 e. The lowest BCUT2D eigenvalue weighted by molar-refractivity contribution is -0.120. The van der Waals surface area contributed by atoms with Crippen LogP contribution in [0.5, 0.6) is 0 Å². The van der Waals surface area contributed by atoms with Gasteiger partial charge in [0.05, 0.1) is 5.92 Å². The van der Waals surface area contributed by atoms with Crippen LogP contribution in [0.15, 0.2) is 59.1 Å². The Balaban J connectivity index is 1.75. The third-order valence-electron chi connectivity index (χ3n) is 3.73. The van der Waals surface area contributed by atoms with Crippen LogP contribution in [0.3, 0.4) is 0 Å². The molecule has 0 bridgehead atoms. The van der Waals surface area contributed by atoms with E-state index in [9.17, 15) is 13.2 Å². The molecule has 0 saturated carbocycles. The van der Waals surface area contributed by atoms with E-state index < -0.39 is 27.6 Å². The van der Waals surface area contributed by atoms with Gasteiger partial charge >= 0.3 is 0 Å². The second-order valence-electron chi connectivity index (χ2n) is 5.48. The fourth-order valence-corrected chi connectivity index (χ4v) is 3.52. The number of aromatic nitrogens is 1. The summed E-state index contributed by atoms with van der Waals surface area (Å²) >= 11 is 0. The zero-order chi connectivity index (χ0) is 17.2. The highest BCUT2D eigenvalue weighted by Gasteiger charge is 2.23. The van der Waals surface area contributed by atoms with E-state index in [1.54, 1.807) is 55.5 Å². The quantitative estimate of drug-likeness (QED) is 0.768. The molecule has 3 rings (SSSR count). The first kappa shape index (κ1) is 16.2. The van der Waals surface area contributed by atoms with Crippen molar-refractivity contribution in [3.63, 3.8) is 0 Å². The van der Waals surface area contributed by atoms with Gasteiger partial charge in [-0.3, -0.25) is 9.52 Å². The fraction of sp³-hybridized carbons (Fsp3) is 0.176. The van der Waals surface area contributed by atoms with E-state index in [2.05, 4.69) is 9.88 Å². The summed E-state index contributed by atoms with van der Waals surface area (Å²) < 4.78 is 31.7. The molecule has 124 valence electrons. The number of nitrogens with one attached hydrogen (secondary N) is 1. The van der Waals surface area contributed by atoms with Gasteiger partial charge in [-0.15, -0.1) is 0 Å². The number of nitrogens with zero attached hydrogens (tertiary/aromatic N) is 1. The lowest BCUT2D eigenvalue weighted by Gasteiger charge is -2.12. The normalized spacial score (nSPS) is 12.9. The van der Waals surface area contributed by atoms with Gasteiger partial charge in [0.25, 0.3) is 0 Å². The minimum atomic E-state index is -3.87. The predicted octanol–water partition coefficient (Wildman–Crippen LogP) is 2.58. The van der Waals surface area contributed by atoms with E-state index in [1.807, 2.05) is 6.07 Å². The molecule has 0 aliphatic carbocycles. The number of para-hydroxylation sites is 1. The third-order valence-corrected chi connectivity index (χ3v) is 4.89. The Morgan fingerprint density at radius 2 is 1.79 bits per heavy atom. The first-order valence-electron chi connectivity index (χ1n) is 7.39. The Kier molecular flexibility index (Phi) is 4.35. The number of carbonyl (C=O) groups excluding carboxylic acids is 1. The highest BCUT2D eigenvalue weighted by molar-refractivity contribution is 7.89. The molecule has 0 spiro atoms. The van der Waals surface area contributed by atoms with Crippen molar-refractivity contribution in [1.82, 2.24) is 9.88 Å². The number of benzene rings is 2. The molecular formula is C17H16N2O4S. The van der Waals surface area contributed by atoms with E-state index in [1.165, 1.54) is 0 Å². The predicted molar refractivity (Wildman–Crippen MR) is 89.6 cm³/mol. The summed E-state index contributed by atoms with van der Waals surface area (Å²) in [5, 5.41) is 4.40. The van der Waals surface area contributed by atoms with Crippen molar-refractivity contribution < 1.29 is 17.7 Å². The number of hydrogen-bond donors (Lipinski definition) is 1. The molecule has 0 aliphatic heterocycles. The van der Waals surface area contributed by atoms with Crippen LogP contribution in [0, 0.1) is 0 Å². The topological polar surface area (TPSA) is 89.3 Å². The Bertz CT molecular complexity index is 964. The van der Waals surface area contributed by atoms with Crippen molar-refractivity contribution in [3.8, 4) is 0 Å². The smallest absolute Gasteiger partial charge is 0.240 e. The van der Waals surface area contributed by atoms with E-state index in [-0.39, 0.29) is 5.69 Å². The van der Waals surface area contributed by atoms with E-state index in [0.717, 1.165) is 5.56 Å². The van der Waals surface area contributed by atoms with E-state index in [0.29, 0.717) is 11.0 Å². The van der Waals surface area contributed by atoms with Gasteiger partial charge in [-0.2, -0.15) is 0 Å². The molecular weight excluding hydrogens is 328 g/mol. The van der Waals surface area contributed by atoms with Crippen LogP contribution in [-0.4, -0.2) is 19.5 Å². The van der Waals surface area contributed by atoms with Crippen LogP contribution < -0.4 is 4.72 Å². The number of rotatable bonds is 5. The minimum absolute atomic E-state index is 0.276. The first-order chi connectivity index (χ1) is 11.5. The molecule has 0 aliphatic rings. The summed E-state index contributed by atoms with van der Waals surface area (Å²) in [6.07, 6.45) is 0. The van der Waals surface area contributed by atoms with Crippen LogP contribution in [0.4, 0.5) is 0 Å². The molecule has 1 N–H and O–H groups in total. The molecule has 1 aromatic heterocycles. The number of amides is 1. The zero-order valence-electron chi connectivity index (χ0n) is 13.0. The van der Waals surface area contributed by atoms with Crippen LogP contribution in [0.2, 0.25) is 0 Å². The van der Waals surface area contributed by atoms with Gasteiger partial charge in [-0.25, -0.2) is 8.42 Å². The molecule has 2 aromatic carbocycles. The SMILES string of the molecule is C[C@@H](C(=O)NS(=O)(=O)Cc1noc2ccccc12)c1ccccc1. The maximum absolute atomic E-state index is 12.3. The summed E-state index contributed by atoms with van der Waals surface area (Å²) in [5.74, 6) is -1.57. The van der Waals surface area contributed by atoms with Gasteiger partial charge in [0.1, 0.15) is 11.4 Å². The average Bonchev–Trinajstić information content (AvgIpc) is 2.97. The third kappa shape index (κ3) is 3.46. The van der Waals surface area contributed by atoms with Gasteiger partial charge in [0.15, 0.2) is 5.58 Å². The Morgan fingerprint density at radius 1 is 1.12 bits per heavy atom. The Hall–Kier alpha value is -2.67. The number of sulfonamides is 1. The highest BCUT2D eigenvalue weighted by Crippen LogP contribution is 2.20. The Morgan fingerprint density at radius 3 is 2.54 bits per heavy atom. The molecule has 1 amide bonds. The monoisotopic (exact) mass is 344 g/mol. The average molecular weight is 344 g/mol. The van der Waals surface area contributed by atoms with E-state index >= 15 is 0 Å². The molecule has 0 fully saturated rings. The van der Waals surface area contributed by atoms with Crippen molar-refractivity contribution >= 4 is 26.9 Å². The summed E-state index contributed by atoms with van der Waals surface area (Å²) in [4.78, 5) is 12.2. The molecule has 3 aromatic rings. The molecule has 0 radical (unpaired) electrons. The zero-order valence-corrected chi connectivity index (χ0v) is 13.8. The van der Waals surface area contributed by atoms with Gasteiger partial charge in [0, 0.05) is 5.39 Å².